The summed E-state index contributed by atoms with van der Waals surface area (Å²) in [5.74, 6) is 0.818. The van der Waals surface area contributed by atoms with Crippen molar-refractivity contribution in [1.82, 2.24) is 10.3 Å². The van der Waals surface area contributed by atoms with Crippen LogP contribution in [0.4, 0.5) is 11.5 Å². The Morgan fingerprint density at radius 3 is 2.56 bits per heavy atom. The molecule has 1 fully saturated rings. The predicted molar refractivity (Wildman–Crippen MR) is 69.9 cm³/mol. The number of piperazine rings is 1. The Morgan fingerprint density at radius 2 is 2.06 bits per heavy atom. The molecule has 1 aromatic heterocycles. The SMILES string of the molecule is Cc1cc(N2CC(C)NC(C)C2)ncc1[N+](=O)[O-]. The highest BCUT2D eigenvalue weighted by Gasteiger charge is 2.23. The number of rotatable bonds is 2. The Morgan fingerprint density at radius 1 is 1.44 bits per heavy atom. The molecule has 1 aromatic rings. The van der Waals surface area contributed by atoms with Crippen LogP contribution < -0.4 is 10.2 Å². The van der Waals surface area contributed by atoms with Crippen molar-refractivity contribution in [3.63, 3.8) is 0 Å². The first-order chi connectivity index (χ1) is 8.47. The highest BCUT2D eigenvalue weighted by molar-refractivity contribution is 5.49. The van der Waals surface area contributed by atoms with Gasteiger partial charge in [-0.15, -0.1) is 0 Å². The van der Waals surface area contributed by atoms with Gasteiger partial charge in [0.2, 0.25) is 0 Å². The van der Waals surface area contributed by atoms with Crippen LogP contribution >= 0.6 is 0 Å². The van der Waals surface area contributed by atoms with Crippen LogP contribution in [-0.4, -0.2) is 35.1 Å². The van der Waals surface area contributed by atoms with Crippen molar-refractivity contribution in [1.29, 1.82) is 0 Å². The van der Waals surface area contributed by atoms with Crippen LogP contribution in [0.1, 0.15) is 19.4 Å². The first-order valence-corrected chi connectivity index (χ1v) is 6.09. The summed E-state index contributed by atoms with van der Waals surface area (Å²) in [5.41, 5.74) is 0.735. The highest BCUT2D eigenvalue weighted by Crippen LogP contribution is 2.22. The van der Waals surface area contributed by atoms with Gasteiger partial charge >= 0.3 is 0 Å². The lowest BCUT2D eigenvalue weighted by atomic mass is 10.1. The minimum absolute atomic E-state index is 0.0787. The second-order valence-electron chi connectivity index (χ2n) is 4.96. The summed E-state index contributed by atoms with van der Waals surface area (Å²) in [4.78, 5) is 16.7. The van der Waals surface area contributed by atoms with Crippen molar-refractivity contribution in [3.05, 3.63) is 27.9 Å². The van der Waals surface area contributed by atoms with Gasteiger partial charge in [-0.1, -0.05) is 0 Å². The second kappa shape index (κ2) is 4.89. The summed E-state index contributed by atoms with van der Waals surface area (Å²) in [6.07, 6.45) is 1.35. The Balaban J connectivity index is 2.23. The van der Waals surface area contributed by atoms with Gasteiger partial charge in [-0.25, -0.2) is 4.98 Å². The van der Waals surface area contributed by atoms with Crippen LogP contribution in [0.2, 0.25) is 0 Å². The third-order valence-electron chi connectivity index (χ3n) is 3.15. The van der Waals surface area contributed by atoms with Crippen LogP contribution in [0, 0.1) is 17.0 Å². The lowest BCUT2D eigenvalue weighted by molar-refractivity contribution is -0.385. The molecule has 0 radical (unpaired) electrons. The van der Waals surface area contributed by atoms with Gasteiger partial charge in [0.05, 0.1) is 4.92 Å². The summed E-state index contributed by atoms with van der Waals surface area (Å²) in [6.45, 7) is 7.74. The summed E-state index contributed by atoms with van der Waals surface area (Å²) >= 11 is 0. The molecule has 98 valence electrons. The van der Waals surface area contributed by atoms with E-state index in [9.17, 15) is 10.1 Å². The molecule has 6 heteroatoms. The van der Waals surface area contributed by atoms with Crippen LogP contribution in [0.5, 0.6) is 0 Å². The zero-order valence-electron chi connectivity index (χ0n) is 10.9. The van der Waals surface area contributed by atoms with Crippen molar-refractivity contribution in [2.24, 2.45) is 0 Å². The maximum atomic E-state index is 10.8. The van der Waals surface area contributed by atoms with Crippen molar-refractivity contribution >= 4 is 11.5 Å². The van der Waals surface area contributed by atoms with Gasteiger partial charge in [0.1, 0.15) is 12.0 Å². The molecule has 2 unspecified atom stereocenters. The first kappa shape index (κ1) is 12.8. The van der Waals surface area contributed by atoms with Crippen LogP contribution in [0.25, 0.3) is 0 Å². The average molecular weight is 250 g/mol. The fourth-order valence-corrected chi connectivity index (χ4v) is 2.41. The van der Waals surface area contributed by atoms with E-state index in [-0.39, 0.29) is 5.69 Å². The minimum atomic E-state index is -0.394. The Bertz CT molecular complexity index is 453. The van der Waals surface area contributed by atoms with Crippen LogP contribution in [0.3, 0.4) is 0 Å². The summed E-state index contributed by atoms with van der Waals surface area (Å²) in [7, 11) is 0. The quantitative estimate of drug-likeness (QED) is 0.636. The largest absolute Gasteiger partial charge is 0.354 e. The third-order valence-corrected chi connectivity index (χ3v) is 3.15. The number of nitro groups is 1. The molecule has 1 N–H and O–H groups in total. The molecule has 0 spiro atoms. The van der Waals surface area contributed by atoms with Gasteiger partial charge in [0.15, 0.2) is 0 Å². The fourth-order valence-electron chi connectivity index (χ4n) is 2.41. The number of nitrogens with zero attached hydrogens (tertiary/aromatic N) is 3. The van der Waals surface area contributed by atoms with Gasteiger partial charge in [-0.3, -0.25) is 10.1 Å². The van der Waals surface area contributed by atoms with E-state index in [1.165, 1.54) is 6.20 Å². The number of hydrogen-bond donors (Lipinski definition) is 1. The summed E-state index contributed by atoms with van der Waals surface area (Å²) < 4.78 is 0. The zero-order chi connectivity index (χ0) is 13.3. The lowest BCUT2D eigenvalue weighted by Gasteiger charge is -2.36. The number of aromatic nitrogens is 1. The van der Waals surface area contributed by atoms with Crippen LogP contribution in [0.15, 0.2) is 12.3 Å². The second-order valence-corrected chi connectivity index (χ2v) is 4.96. The van der Waals surface area contributed by atoms with Gasteiger partial charge in [0, 0.05) is 30.7 Å². The molecule has 0 bridgehead atoms. The topological polar surface area (TPSA) is 71.3 Å². The van der Waals surface area contributed by atoms with E-state index >= 15 is 0 Å². The fraction of sp³-hybridized carbons (Fsp3) is 0.583. The summed E-state index contributed by atoms with van der Waals surface area (Å²) in [5, 5.41) is 14.2. The zero-order valence-corrected chi connectivity index (χ0v) is 10.9. The number of pyridine rings is 1. The molecule has 0 amide bonds. The minimum Gasteiger partial charge on any atom is -0.354 e. The van der Waals surface area contributed by atoms with Crippen molar-refractivity contribution < 1.29 is 4.92 Å². The molecule has 1 aliphatic rings. The molecule has 1 saturated heterocycles. The van der Waals surface area contributed by atoms with E-state index in [0.717, 1.165) is 18.9 Å². The van der Waals surface area contributed by atoms with Crippen LogP contribution in [-0.2, 0) is 0 Å². The maximum Gasteiger partial charge on any atom is 0.290 e. The van der Waals surface area contributed by atoms with E-state index < -0.39 is 4.92 Å². The molecule has 2 heterocycles. The predicted octanol–water partition coefficient (Wildman–Crippen LogP) is 1.48. The molecule has 1 aliphatic heterocycles. The van der Waals surface area contributed by atoms with E-state index in [0.29, 0.717) is 17.6 Å². The molecule has 2 atom stereocenters. The molecule has 0 aliphatic carbocycles. The monoisotopic (exact) mass is 250 g/mol. The normalized spacial score (nSPS) is 24.1. The molecule has 18 heavy (non-hydrogen) atoms. The lowest BCUT2D eigenvalue weighted by Crippen LogP contribution is -2.54. The first-order valence-electron chi connectivity index (χ1n) is 6.09. The third kappa shape index (κ3) is 2.59. The number of nitrogens with one attached hydrogen (secondary N) is 1. The maximum absolute atomic E-state index is 10.8. The standard InChI is InChI=1S/C12H18N4O2/c1-8-4-12(13-5-11(8)16(17)18)15-6-9(2)14-10(3)7-15/h4-5,9-10,14H,6-7H2,1-3H3. The van der Waals surface area contributed by atoms with E-state index in [2.05, 4.69) is 29.0 Å². The highest BCUT2D eigenvalue weighted by atomic mass is 16.6. The van der Waals surface area contributed by atoms with Gasteiger partial charge in [-0.05, 0) is 26.8 Å². The van der Waals surface area contributed by atoms with E-state index in [1.54, 1.807) is 13.0 Å². The molecule has 0 aromatic carbocycles. The summed E-state index contributed by atoms with van der Waals surface area (Å²) in [6, 6.07) is 2.58. The Labute approximate surface area is 106 Å². The Kier molecular flexibility index (Phi) is 3.47. The molecular weight excluding hydrogens is 232 g/mol. The van der Waals surface area contributed by atoms with Crippen molar-refractivity contribution in [2.45, 2.75) is 32.9 Å². The van der Waals surface area contributed by atoms with Gasteiger partial charge < -0.3 is 10.2 Å². The van der Waals surface area contributed by atoms with E-state index in [4.69, 9.17) is 0 Å². The van der Waals surface area contributed by atoms with Gasteiger partial charge in [-0.2, -0.15) is 0 Å². The molecule has 6 nitrogen and oxygen atoms in total. The number of aryl methyl sites for hydroxylation is 1. The molecule has 0 saturated carbocycles. The molecular formula is C12H18N4O2. The van der Waals surface area contributed by atoms with Crippen molar-refractivity contribution in [2.75, 3.05) is 18.0 Å². The van der Waals surface area contributed by atoms with Crippen molar-refractivity contribution in [3.8, 4) is 0 Å². The van der Waals surface area contributed by atoms with E-state index in [1.807, 2.05) is 0 Å². The average Bonchev–Trinajstić information content (AvgIpc) is 2.26. The number of anilines is 1. The number of hydrogen-bond acceptors (Lipinski definition) is 5. The van der Waals surface area contributed by atoms with Gasteiger partial charge in [0.25, 0.3) is 5.69 Å². The smallest absolute Gasteiger partial charge is 0.290 e. The molecule has 2 rings (SSSR count). The Hall–Kier alpha value is -1.69.